The van der Waals surface area contributed by atoms with Crippen LogP contribution in [0.15, 0.2) is 35.7 Å². The highest BCUT2D eigenvalue weighted by molar-refractivity contribution is 7.99. The summed E-state index contributed by atoms with van der Waals surface area (Å²) in [6.07, 6.45) is -3.34. The summed E-state index contributed by atoms with van der Waals surface area (Å²) in [5.41, 5.74) is 0.320. The summed E-state index contributed by atoms with van der Waals surface area (Å²) in [7, 11) is 0. The number of rotatable bonds is 6. The number of alkyl halides is 3. The van der Waals surface area contributed by atoms with E-state index in [9.17, 15) is 22.4 Å². The third-order valence-electron chi connectivity index (χ3n) is 2.60. The van der Waals surface area contributed by atoms with Gasteiger partial charge >= 0.3 is 6.18 Å². The molecule has 0 aliphatic rings. The number of hydrogen-bond donors (Lipinski definition) is 1. The van der Waals surface area contributed by atoms with Gasteiger partial charge in [-0.25, -0.2) is 4.39 Å². The van der Waals surface area contributed by atoms with Crippen molar-refractivity contribution in [2.75, 3.05) is 11.1 Å². The van der Waals surface area contributed by atoms with Crippen molar-refractivity contribution < 1.29 is 22.4 Å². The summed E-state index contributed by atoms with van der Waals surface area (Å²) < 4.78 is 50.9. The fourth-order valence-corrected chi connectivity index (χ4v) is 2.53. The molecule has 2 aromatic rings. The monoisotopic (exact) mass is 348 g/mol. The smallest absolute Gasteiger partial charge is 0.326 e. The average Bonchev–Trinajstić information content (AvgIpc) is 2.84. The Labute approximate surface area is 133 Å². The van der Waals surface area contributed by atoms with E-state index in [2.05, 4.69) is 15.5 Å². The minimum absolute atomic E-state index is 0.0417. The standard InChI is InChI=1S/C13H12F4N4OS/c14-9-2-1-3-10(6-9)19-11(22)4-5-23-12-20-18-8-21(12)7-13(15,16)17/h1-3,6,8H,4-5,7H2,(H,19,22). The van der Waals surface area contributed by atoms with Crippen molar-refractivity contribution in [3.8, 4) is 0 Å². The van der Waals surface area contributed by atoms with Gasteiger partial charge in [-0.15, -0.1) is 10.2 Å². The van der Waals surface area contributed by atoms with E-state index < -0.39 is 18.5 Å². The molecule has 0 saturated carbocycles. The first-order valence-corrected chi connectivity index (χ1v) is 7.45. The Balaban J connectivity index is 1.81. The normalized spacial score (nSPS) is 11.5. The van der Waals surface area contributed by atoms with E-state index in [-0.39, 0.29) is 23.2 Å². The Morgan fingerprint density at radius 1 is 1.35 bits per heavy atom. The maximum atomic E-state index is 13.0. The molecule has 5 nitrogen and oxygen atoms in total. The molecule has 1 amide bonds. The van der Waals surface area contributed by atoms with Crippen molar-refractivity contribution in [1.82, 2.24) is 14.8 Å². The zero-order chi connectivity index (χ0) is 16.9. The van der Waals surface area contributed by atoms with Crippen LogP contribution < -0.4 is 5.32 Å². The van der Waals surface area contributed by atoms with Gasteiger partial charge in [0.2, 0.25) is 5.91 Å². The number of thioether (sulfide) groups is 1. The van der Waals surface area contributed by atoms with E-state index >= 15 is 0 Å². The molecular weight excluding hydrogens is 336 g/mol. The third kappa shape index (κ3) is 5.89. The van der Waals surface area contributed by atoms with Crippen molar-refractivity contribution in [1.29, 1.82) is 0 Å². The van der Waals surface area contributed by atoms with Gasteiger partial charge in [0.1, 0.15) is 18.7 Å². The van der Waals surface area contributed by atoms with Crippen LogP contribution in [0.1, 0.15) is 6.42 Å². The summed E-state index contributed by atoms with van der Waals surface area (Å²) >= 11 is 0.991. The Morgan fingerprint density at radius 2 is 2.13 bits per heavy atom. The first kappa shape index (κ1) is 17.3. The van der Waals surface area contributed by atoms with Gasteiger partial charge in [-0.3, -0.25) is 9.36 Å². The first-order valence-electron chi connectivity index (χ1n) is 6.46. The predicted molar refractivity (Wildman–Crippen MR) is 76.4 cm³/mol. The number of carbonyl (C=O) groups excluding carboxylic acids is 1. The zero-order valence-electron chi connectivity index (χ0n) is 11.7. The number of anilines is 1. The van der Waals surface area contributed by atoms with Gasteiger partial charge in [-0.1, -0.05) is 17.8 Å². The van der Waals surface area contributed by atoms with Crippen molar-refractivity contribution in [2.45, 2.75) is 24.3 Å². The van der Waals surface area contributed by atoms with Gasteiger partial charge in [-0.2, -0.15) is 13.2 Å². The van der Waals surface area contributed by atoms with Gasteiger partial charge in [0.05, 0.1) is 0 Å². The van der Waals surface area contributed by atoms with Gasteiger partial charge in [-0.05, 0) is 18.2 Å². The number of hydrogen-bond acceptors (Lipinski definition) is 4. The molecule has 0 fully saturated rings. The summed E-state index contributed by atoms with van der Waals surface area (Å²) in [6, 6.07) is 5.41. The molecule has 1 N–H and O–H groups in total. The lowest BCUT2D eigenvalue weighted by molar-refractivity contribution is -0.142. The molecule has 1 heterocycles. The van der Waals surface area contributed by atoms with Crippen LogP contribution in [0.5, 0.6) is 0 Å². The van der Waals surface area contributed by atoms with Crippen LogP contribution in [0.2, 0.25) is 0 Å². The molecule has 10 heteroatoms. The molecule has 0 aliphatic heterocycles. The second-order valence-electron chi connectivity index (χ2n) is 4.51. The number of benzene rings is 1. The molecule has 2 rings (SSSR count). The summed E-state index contributed by atoms with van der Waals surface area (Å²) in [4.78, 5) is 11.7. The minimum Gasteiger partial charge on any atom is -0.326 e. The number of nitrogens with one attached hydrogen (secondary N) is 1. The highest BCUT2D eigenvalue weighted by Crippen LogP contribution is 2.22. The molecule has 124 valence electrons. The maximum Gasteiger partial charge on any atom is 0.406 e. The Bertz CT molecular complexity index is 674. The van der Waals surface area contributed by atoms with Gasteiger partial charge in [0.15, 0.2) is 5.16 Å². The predicted octanol–water partition coefficient (Wildman–Crippen LogP) is 3.10. The van der Waals surface area contributed by atoms with E-state index in [4.69, 9.17) is 0 Å². The molecule has 0 radical (unpaired) electrons. The quantitative estimate of drug-likeness (QED) is 0.644. The third-order valence-corrected chi connectivity index (χ3v) is 3.58. The van der Waals surface area contributed by atoms with E-state index in [0.717, 1.165) is 22.7 Å². The van der Waals surface area contributed by atoms with Crippen LogP contribution in [0.4, 0.5) is 23.2 Å². The summed E-state index contributed by atoms with van der Waals surface area (Å²) in [5, 5.41) is 9.60. The second kappa shape index (κ2) is 7.44. The Hall–Kier alpha value is -2.10. The van der Waals surface area contributed by atoms with Gasteiger partial charge in [0, 0.05) is 17.9 Å². The van der Waals surface area contributed by atoms with E-state index in [1.54, 1.807) is 0 Å². The fourth-order valence-electron chi connectivity index (χ4n) is 1.68. The summed E-state index contributed by atoms with van der Waals surface area (Å²) in [6.45, 7) is -1.18. The highest BCUT2D eigenvalue weighted by Gasteiger charge is 2.29. The van der Waals surface area contributed by atoms with Crippen LogP contribution >= 0.6 is 11.8 Å². The second-order valence-corrected chi connectivity index (χ2v) is 5.58. The lowest BCUT2D eigenvalue weighted by Crippen LogP contribution is -2.18. The van der Waals surface area contributed by atoms with Gasteiger partial charge in [0.25, 0.3) is 0 Å². The number of amides is 1. The van der Waals surface area contributed by atoms with E-state index in [1.165, 1.54) is 24.3 Å². The van der Waals surface area contributed by atoms with E-state index in [1.807, 2.05) is 0 Å². The molecule has 0 aliphatic carbocycles. The van der Waals surface area contributed by atoms with Crippen molar-refractivity contribution in [3.05, 3.63) is 36.4 Å². The molecule has 0 saturated heterocycles. The highest BCUT2D eigenvalue weighted by atomic mass is 32.2. The minimum atomic E-state index is -4.37. The number of nitrogens with zero attached hydrogens (tertiary/aromatic N) is 3. The molecule has 0 spiro atoms. The number of aromatic nitrogens is 3. The van der Waals surface area contributed by atoms with Crippen LogP contribution in [-0.2, 0) is 11.3 Å². The van der Waals surface area contributed by atoms with E-state index in [0.29, 0.717) is 5.69 Å². The summed E-state index contributed by atoms with van der Waals surface area (Å²) in [5.74, 6) is -0.625. The molecule has 1 aromatic carbocycles. The number of carbonyl (C=O) groups is 1. The largest absolute Gasteiger partial charge is 0.406 e. The lowest BCUT2D eigenvalue weighted by Gasteiger charge is -2.09. The van der Waals surface area contributed by atoms with Crippen molar-refractivity contribution in [2.24, 2.45) is 0 Å². The zero-order valence-corrected chi connectivity index (χ0v) is 12.5. The molecule has 0 atom stereocenters. The molecule has 1 aromatic heterocycles. The molecule has 23 heavy (non-hydrogen) atoms. The molecular formula is C13H12F4N4OS. The molecule has 0 bridgehead atoms. The Kier molecular flexibility index (Phi) is 5.59. The van der Waals surface area contributed by atoms with Gasteiger partial charge < -0.3 is 5.32 Å². The Morgan fingerprint density at radius 3 is 2.83 bits per heavy atom. The number of halogens is 4. The average molecular weight is 348 g/mol. The maximum absolute atomic E-state index is 13.0. The van der Waals surface area contributed by atoms with Crippen LogP contribution in [0, 0.1) is 5.82 Å². The first-order chi connectivity index (χ1) is 10.8. The lowest BCUT2D eigenvalue weighted by atomic mass is 10.3. The SMILES string of the molecule is O=C(CCSc1nncn1CC(F)(F)F)Nc1cccc(F)c1. The van der Waals surface area contributed by atoms with Crippen molar-refractivity contribution >= 4 is 23.4 Å². The topological polar surface area (TPSA) is 59.8 Å². The van der Waals surface area contributed by atoms with Crippen LogP contribution in [0.3, 0.4) is 0 Å². The fraction of sp³-hybridized carbons (Fsp3) is 0.308. The molecule has 0 unspecified atom stereocenters. The van der Waals surface area contributed by atoms with Crippen LogP contribution in [0.25, 0.3) is 0 Å². The van der Waals surface area contributed by atoms with Crippen molar-refractivity contribution in [3.63, 3.8) is 0 Å². The van der Waals surface area contributed by atoms with Crippen LogP contribution in [-0.4, -0.2) is 32.6 Å².